The number of methoxy groups -OCH3 is 2. The van der Waals surface area contributed by atoms with Gasteiger partial charge in [-0.25, -0.2) is 0 Å². The molecular formula is C23H28ClNO3. The summed E-state index contributed by atoms with van der Waals surface area (Å²) in [5, 5.41) is 0.664. The number of hydrogen-bond acceptors (Lipinski definition) is 3. The predicted molar refractivity (Wildman–Crippen MR) is 112 cm³/mol. The second-order valence-corrected chi connectivity index (χ2v) is 7.53. The Hall–Kier alpha value is -2.20. The molecule has 2 aromatic rings. The molecule has 1 heterocycles. The Kier molecular flexibility index (Phi) is 6.50. The molecule has 0 radical (unpaired) electrons. The molecule has 0 spiro atoms. The summed E-state index contributed by atoms with van der Waals surface area (Å²) >= 11 is 6.58. The van der Waals surface area contributed by atoms with E-state index in [1.54, 1.807) is 14.2 Å². The maximum Gasteiger partial charge on any atom is 0.226 e. The van der Waals surface area contributed by atoms with Crippen molar-refractivity contribution in [2.24, 2.45) is 5.92 Å². The van der Waals surface area contributed by atoms with E-state index in [0.717, 1.165) is 36.0 Å². The minimum atomic E-state index is -0.231. The minimum absolute atomic E-state index is 0.0201. The van der Waals surface area contributed by atoms with E-state index < -0.39 is 0 Å². The number of fused-ring (bicyclic) bond motifs is 1. The van der Waals surface area contributed by atoms with E-state index in [4.69, 9.17) is 21.1 Å². The molecule has 0 N–H and O–H groups in total. The highest BCUT2D eigenvalue weighted by molar-refractivity contribution is 6.31. The Morgan fingerprint density at radius 1 is 1.11 bits per heavy atom. The van der Waals surface area contributed by atoms with Crippen LogP contribution in [-0.4, -0.2) is 31.6 Å². The Balaban J connectivity index is 2.17. The van der Waals surface area contributed by atoms with Crippen molar-refractivity contribution in [1.82, 2.24) is 4.90 Å². The molecule has 0 aromatic heterocycles. The van der Waals surface area contributed by atoms with Gasteiger partial charge < -0.3 is 14.4 Å². The summed E-state index contributed by atoms with van der Waals surface area (Å²) in [5.74, 6) is 1.58. The Morgan fingerprint density at radius 2 is 1.75 bits per heavy atom. The van der Waals surface area contributed by atoms with E-state index in [1.165, 1.54) is 0 Å². The van der Waals surface area contributed by atoms with E-state index >= 15 is 0 Å². The number of carbonyl (C=O) groups is 1. The Morgan fingerprint density at radius 3 is 2.36 bits per heavy atom. The van der Waals surface area contributed by atoms with Crippen LogP contribution in [0.1, 0.15) is 49.4 Å². The molecule has 0 fully saturated rings. The van der Waals surface area contributed by atoms with Crippen LogP contribution in [0, 0.1) is 5.92 Å². The monoisotopic (exact) mass is 401 g/mol. The first-order valence-electron chi connectivity index (χ1n) is 9.85. The van der Waals surface area contributed by atoms with Gasteiger partial charge in [0.1, 0.15) is 0 Å². The van der Waals surface area contributed by atoms with Gasteiger partial charge >= 0.3 is 0 Å². The van der Waals surface area contributed by atoms with Crippen LogP contribution < -0.4 is 9.47 Å². The summed E-state index contributed by atoms with van der Waals surface area (Å²) in [4.78, 5) is 15.4. The molecule has 1 amide bonds. The fourth-order valence-corrected chi connectivity index (χ4v) is 4.33. The summed E-state index contributed by atoms with van der Waals surface area (Å²) in [6.07, 6.45) is 2.45. The maximum atomic E-state index is 13.4. The van der Waals surface area contributed by atoms with Crippen LogP contribution >= 0.6 is 11.6 Å². The van der Waals surface area contributed by atoms with Crippen molar-refractivity contribution in [3.8, 4) is 11.5 Å². The van der Waals surface area contributed by atoms with Crippen LogP contribution in [0.3, 0.4) is 0 Å². The van der Waals surface area contributed by atoms with Crippen LogP contribution in [0.4, 0.5) is 0 Å². The van der Waals surface area contributed by atoms with E-state index in [2.05, 4.69) is 13.8 Å². The average molecular weight is 402 g/mol. The third kappa shape index (κ3) is 3.70. The van der Waals surface area contributed by atoms with Gasteiger partial charge in [-0.3, -0.25) is 4.79 Å². The number of benzene rings is 2. The van der Waals surface area contributed by atoms with E-state index in [-0.39, 0.29) is 17.9 Å². The van der Waals surface area contributed by atoms with Gasteiger partial charge in [0.2, 0.25) is 5.91 Å². The molecule has 0 aliphatic carbocycles. The molecule has 2 aromatic carbocycles. The quantitative estimate of drug-likeness (QED) is 0.662. The summed E-state index contributed by atoms with van der Waals surface area (Å²) < 4.78 is 11.0. The van der Waals surface area contributed by atoms with Crippen molar-refractivity contribution in [2.75, 3.05) is 20.8 Å². The third-order valence-corrected chi connectivity index (χ3v) is 6.04. The van der Waals surface area contributed by atoms with Crippen LogP contribution in [-0.2, 0) is 11.2 Å². The second kappa shape index (κ2) is 8.87. The molecule has 28 heavy (non-hydrogen) atoms. The number of amides is 1. The van der Waals surface area contributed by atoms with Crippen molar-refractivity contribution >= 4 is 17.5 Å². The van der Waals surface area contributed by atoms with E-state index in [1.807, 2.05) is 41.3 Å². The molecule has 0 saturated heterocycles. The third-order valence-electron chi connectivity index (χ3n) is 5.69. The maximum absolute atomic E-state index is 13.4. The Bertz CT molecular complexity index is 848. The van der Waals surface area contributed by atoms with Crippen LogP contribution in [0.15, 0.2) is 36.4 Å². The summed E-state index contributed by atoms with van der Waals surface area (Å²) in [6, 6.07) is 11.6. The van der Waals surface area contributed by atoms with Crippen molar-refractivity contribution in [3.05, 3.63) is 58.1 Å². The van der Waals surface area contributed by atoms with Gasteiger partial charge in [-0.05, 0) is 54.2 Å². The lowest BCUT2D eigenvalue weighted by atomic mass is 9.86. The molecular weight excluding hydrogens is 374 g/mol. The average Bonchev–Trinajstić information content (AvgIpc) is 2.73. The molecule has 1 aliphatic rings. The van der Waals surface area contributed by atoms with Gasteiger partial charge in [-0.1, -0.05) is 43.6 Å². The highest BCUT2D eigenvalue weighted by Crippen LogP contribution is 2.43. The van der Waals surface area contributed by atoms with Crippen LogP contribution in [0.25, 0.3) is 0 Å². The molecule has 0 bridgehead atoms. The summed E-state index contributed by atoms with van der Waals surface area (Å²) in [6.45, 7) is 4.80. The summed E-state index contributed by atoms with van der Waals surface area (Å²) in [5.41, 5.74) is 3.16. The van der Waals surface area contributed by atoms with Gasteiger partial charge in [-0.15, -0.1) is 0 Å². The Labute approximate surface area is 172 Å². The zero-order chi connectivity index (χ0) is 20.3. The number of ether oxygens (including phenoxy) is 2. The summed E-state index contributed by atoms with van der Waals surface area (Å²) in [7, 11) is 3.27. The first-order chi connectivity index (χ1) is 13.5. The number of carbonyl (C=O) groups excluding carboxylic acids is 1. The first-order valence-corrected chi connectivity index (χ1v) is 10.2. The van der Waals surface area contributed by atoms with Gasteiger partial charge in [0, 0.05) is 17.5 Å². The van der Waals surface area contributed by atoms with Gasteiger partial charge in [0.05, 0.1) is 20.3 Å². The van der Waals surface area contributed by atoms with Crippen LogP contribution in [0.2, 0.25) is 5.02 Å². The molecule has 1 aliphatic heterocycles. The van der Waals surface area contributed by atoms with E-state index in [9.17, 15) is 4.79 Å². The number of nitrogens with zero attached hydrogens (tertiary/aromatic N) is 1. The molecule has 0 unspecified atom stereocenters. The van der Waals surface area contributed by atoms with Gasteiger partial charge in [0.25, 0.3) is 0 Å². The predicted octanol–water partition coefficient (Wildman–Crippen LogP) is 5.27. The zero-order valence-electron chi connectivity index (χ0n) is 17.0. The molecule has 1 atom stereocenters. The molecule has 0 saturated carbocycles. The molecule has 4 nitrogen and oxygen atoms in total. The van der Waals surface area contributed by atoms with Crippen molar-refractivity contribution in [2.45, 2.75) is 39.2 Å². The normalized spacial score (nSPS) is 16.1. The van der Waals surface area contributed by atoms with Gasteiger partial charge in [-0.2, -0.15) is 0 Å². The lowest BCUT2D eigenvalue weighted by Gasteiger charge is -2.40. The van der Waals surface area contributed by atoms with Crippen molar-refractivity contribution in [3.63, 3.8) is 0 Å². The second-order valence-electron chi connectivity index (χ2n) is 7.13. The molecule has 5 heteroatoms. The van der Waals surface area contributed by atoms with Crippen molar-refractivity contribution < 1.29 is 14.3 Å². The lowest BCUT2D eigenvalue weighted by Crippen LogP contribution is -2.43. The smallest absolute Gasteiger partial charge is 0.226 e. The standard InChI is InChI=1S/C23H28ClNO3/c1-5-15(6-2)23(26)25-12-11-16-13-20(27-3)21(28-4)14-18(16)22(25)17-9-7-8-10-19(17)24/h7-10,13-15,22H,5-6,11-12H2,1-4H3/t22-/m1/s1. The van der Waals surface area contributed by atoms with Crippen LogP contribution in [0.5, 0.6) is 11.5 Å². The largest absolute Gasteiger partial charge is 0.493 e. The molecule has 3 rings (SSSR count). The van der Waals surface area contributed by atoms with Crippen molar-refractivity contribution in [1.29, 1.82) is 0 Å². The highest BCUT2D eigenvalue weighted by Gasteiger charge is 2.36. The fourth-order valence-electron chi connectivity index (χ4n) is 4.09. The highest BCUT2D eigenvalue weighted by atomic mass is 35.5. The number of halogens is 1. The number of rotatable bonds is 6. The minimum Gasteiger partial charge on any atom is -0.493 e. The van der Waals surface area contributed by atoms with E-state index in [0.29, 0.717) is 23.1 Å². The fraction of sp³-hybridized carbons (Fsp3) is 0.435. The first kappa shape index (κ1) is 20.5. The lowest BCUT2D eigenvalue weighted by molar-refractivity contribution is -0.137. The molecule has 150 valence electrons. The topological polar surface area (TPSA) is 38.8 Å². The van der Waals surface area contributed by atoms with Gasteiger partial charge in [0.15, 0.2) is 11.5 Å². The zero-order valence-corrected chi connectivity index (χ0v) is 17.8. The number of hydrogen-bond donors (Lipinski definition) is 0. The SMILES string of the molecule is CCC(CC)C(=O)N1CCc2cc(OC)c(OC)cc2[C@H]1c1ccccc1Cl.